The number of halogens is 1. The summed E-state index contributed by atoms with van der Waals surface area (Å²) in [6, 6.07) is 7.03. The summed E-state index contributed by atoms with van der Waals surface area (Å²) in [6.45, 7) is 7.79. The van der Waals surface area contributed by atoms with Crippen LogP contribution in [0.4, 0.5) is 10.2 Å². The number of aryl methyl sites for hydroxylation is 1. The molecule has 1 fully saturated rings. The fraction of sp³-hybridized carbons (Fsp3) is 0.435. The molecule has 0 N–H and O–H groups in total. The molecule has 0 amide bonds. The summed E-state index contributed by atoms with van der Waals surface area (Å²) < 4.78 is 19.0. The number of nitrogens with zero attached hydrogens (tertiary/aromatic N) is 4. The minimum atomic E-state index is -0.334. The number of ether oxygens (including phenoxy) is 1. The average Bonchev–Trinajstić information content (AvgIpc) is 3.26. The number of amidine groups is 1. The second-order valence-corrected chi connectivity index (χ2v) is 7.45. The summed E-state index contributed by atoms with van der Waals surface area (Å²) in [5.74, 6) is 1.79. The van der Waals surface area contributed by atoms with Gasteiger partial charge in [-0.1, -0.05) is 6.66 Å². The van der Waals surface area contributed by atoms with Gasteiger partial charge in [0.25, 0.3) is 0 Å². The van der Waals surface area contributed by atoms with Crippen LogP contribution < -0.4 is 9.64 Å². The molecule has 5 nitrogen and oxygen atoms in total. The minimum absolute atomic E-state index is 0.334. The topological polar surface area (TPSA) is 50.1 Å². The van der Waals surface area contributed by atoms with Crippen molar-refractivity contribution in [2.75, 3.05) is 31.8 Å². The predicted octanol–water partition coefficient (Wildman–Crippen LogP) is 4.66. The maximum absolute atomic E-state index is 13.7. The molecular formula is C23H30FN4OP. The van der Waals surface area contributed by atoms with Gasteiger partial charge in [-0.05, 0) is 62.9 Å². The second kappa shape index (κ2) is 10.1. The van der Waals surface area contributed by atoms with Crippen LogP contribution >= 0.6 is 9.24 Å². The van der Waals surface area contributed by atoms with E-state index in [1.807, 2.05) is 12.9 Å². The molecule has 2 atom stereocenters. The number of aliphatic imine (C=N–C) groups is 2. The van der Waals surface area contributed by atoms with Crippen LogP contribution in [0.1, 0.15) is 42.9 Å². The Kier molecular flexibility index (Phi) is 7.54. The number of aromatic nitrogens is 1. The van der Waals surface area contributed by atoms with E-state index in [0.717, 1.165) is 29.2 Å². The first kappa shape index (κ1) is 22.4. The van der Waals surface area contributed by atoms with Crippen molar-refractivity contribution < 1.29 is 9.13 Å². The lowest BCUT2D eigenvalue weighted by atomic mass is 10.0. The van der Waals surface area contributed by atoms with Gasteiger partial charge in [0, 0.05) is 24.3 Å². The quantitative estimate of drug-likeness (QED) is 0.666. The molecule has 3 heterocycles. The average molecular weight is 428 g/mol. The van der Waals surface area contributed by atoms with Gasteiger partial charge in [-0.3, -0.25) is 4.99 Å². The van der Waals surface area contributed by atoms with Crippen LogP contribution in [0.25, 0.3) is 0 Å². The van der Waals surface area contributed by atoms with E-state index < -0.39 is 0 Å². The van der Waals surface area contributed by atoms with Gasteiger partial charge in [-0.25, -0.2) is 14.4 Å². The molecule has 1 aromatic carbocycles. The SMILES string of the molecule is COc1ccc(F)cc1C1=NCC(c2cnc(N3CCCCC3C)c(C)c2)=N1.CP. The normalized spacial score (nSPS) is 18.3. The third kappa shape index (κ3) is 4.70. The fourth-order valence-corrected chi connectivity index (χ4v) is 3.94. The molecule has 2 aliphatic heterocycles. The maximum Gasteiger partial charge on any atom is 0.159 e. The van der Waals surface area contributed by atoms with Crippen LogP contribution in [0.2, 0.25) is 0 Å². The van der Waals surface area contributed by atoms with Gasteiger partial charge in [0.1, 0.15) is 17.4 Å². The molecule has 2 aromatic rings. The lowest BCUT2D eigenvalue weighted by molar-refractivity contribution is 0.412. The van der Waals surface area contributed by atoms with Crippen molar-refractivity contribution >= 4 is 26.6 Å². The number of hydrogen-bond donors (Lipinski definition) is 0. The van der Waals surface area contributed by atoms with E-state index in [9.17, 15) is 4.39 Å². The summed E-state index contributed by atoms with van der Waals surface area (Å²) >= 11 is 0. The van der Waals surface area contributed by atoms with Gasteiger partial charge < -0.3 is 9.64 Å². The fourth-order valence-electron chi connectivity index (χ4n) is 3.94. The molecular weight excluding hydrogens is 398 g/mol. The van der Waals surface area contributed by atoms with E-state index in [1.165, 1.54) is 31.4 Å². The zero-order valence-corrected chi connectivity index (χ0v) is 19.3. The highest BCUT2D eigenvalue weighted by Gasteiger charge is 2.23. The molecule has 0 saturated carbocycles. The molecule has 2 aliphatic rings. The highest BCUT2D eigenvalue weighted by molar-refractivity contribution is 7.15. The molecule has 160 valence electrons. The highest BCUT2D eigenvalue weighted by Crippen LogP contribution is 2.27. The van der Waals surface area contributed by atoms with Crippen LogP contribution in [-0.4, -0.2) is 49.4 Å². The van der Waals surface area contributed by atoms with Gasteiger partial charge in [-0.15, -0.1) is 9.24 Å². The van der Waals surface area contributed by atoms with E-state index >= 15 is 0 Å². The predicted molar refractivity (Wildman–Crippen MR) is 126 cm³/mol. The molecule has 4 rings (SSSR count). The first-order valence-corrected chi connectivity index (χ1v) is 11.5. The Hall–Kier alpha value is -2.33. The van der Waals surface area contributed by atoms with Crippen LogP contribution in [0, 0.1) is 12.7 Å². The number of rotatable bonds is 4. The van der Waals surface area contributed by atoms with Gasteiger partial charge >= 0.3 is 0 Å². The van der Waals surface area contributed by atoms with Gasteiger partial charge in [0.05, 0.1) is 24.9 Å². The third-order valence-electron chi connectivity index (χ3n) is 5.48. The maximum atomic E-state index is 13.7. The Balaban J connectivity index is 0.00000124. The summed E-state index contributed by atoms with van der Waals surface area (Å²) in [4.78, 5) is 16.3. The van der Waals surface area contributed by atoms with Crippen molar-refractivity contribution in [3.05, 3.63) is 53.0 Å². The zero-order chi connectivity index (χ0) is 21.7. The number of piperidine rings is 1. The summed E-state index contributed by atoms with van der Waals surface area (Å²) in [5, 5.41) is 0. The first-order chi connectivity index (χ1) is 14.6. The van der Waals surface area contributed by atoms with E-state index in [2.05, 4.69) is 44.0 Å². The molecule has 0 spiro atoms. The van der Waals surface area contributed by atoms with E-state index in [-0.39, 0.29) is 5.82 Å². The zero-order valence-electron chi connectivity index (χ0n) is 18.2. The Morgan fingerprint density at radius 1 is 1.20 bits per heavy atom. The molecule has 30 heavy (non-hydrogen) atoms. The van der Waals surface area contributed by atoms with Gasteiger partial charge in [0.2, 0.25) is 0 Å². The van der Waals surface area contributed by atoms with Crippen molar-refractivity contribution in [2.45, 2.75) is 39.2 Å². The lowest BCUT2D eigenvalue weighted by Crippen LogP contribution is -2.38. The standard InChI is InChI=1S/C22H25FN4O.CH5P/c1-14-10-16(12-25-22(14)27-9-5-4-6-15(27)2)19-13-24-21(26-19)18-11-17(23)7-8-20(18)28-3;1-2/h7-8,10-12,15H,4-6,9,13H2,1-3H3;2H2,1H3. The Bertz CT molecular complexity index is 960. The Morgan fingerprint density at radius 2 is 2.00 bits per heavy atom. The van der Waals surface area contributed by atoms with Crippen LogP contribution in [-0.2, 0) is 0 Å². The molecule has 0 aliphatic carbocycles. The van der Waals surface area contributed by atoms with Crippen LogP contribution in [0.5, 0.6) is 5.75 Å². The smallest absolute Gasteiger partial charge is 0.159 e. The van der Waals surface area contributed by atoms with E-state index in [0.29, 0.717) is 29.7 Å². The Morgan fingerprint density at radius 3 is 2.70 bits per heavy atom. The number of methoxy groups -OCH3 is 1. The molecule has 2 unspecified atom stereocenters. The summed E-state index contributed by atoms with van der Waals surface area (Å²) in [7, 11) is 3.98. The van der Waals surface area contributed by atoms with Crippen molar-refractivity contribution in [3.63, 3.8) is 0 Å². The molecule has 7 heteroatoms. The number of hydrogen-bond acceptors (Lipinski definition) is 5. The third-order valence-corrected chi connectivity index (χ3v) is 5.48. The Labute approximate surface area is 180 Å². The van der Waals surface area contributed by atoms with Gasteiger partial charge in [0.15, 0.2) is 5.84 Å². The second-order valence-electron chi connectivity index (χ2n) is 7.45. The minimum Gasteiger partial charge on any atom is -0.496 e. The van der Waals surface area contributed by atoms with Gasteiger partial charge in [-0.2, -0.15) is 0 Å². The van der Waals surface area contributed by atoms with Crippen LogP contribution in [0.15, 0.2) is 40.4 Å². The summed E-state index contributed by atoms with van der Waals surface area (Å²) in [6.07, 6.45) is 5.59. The number of pyridine rings is 1. The number of benzene rings is 1. The largest absolute Gasteiger partial charge is 0.496 e. The van der Waals surface area contributed by atoms with Crippen molar-refractivity contribution in [1.82, 2.24) is 4.98 Å². The van der Waals surface area contributed by atoms with Crippen molar-refractivity contribution in [1.29, 1.82) is 0 Å². The molecule has 0 bridgehead atoms. The van der Waals surface area contributed by atoms with E-state index in [4.69, 9.17) is 9.72 Å². The summed E-state index contributed by atoms with van der Waals surface area (Å²) in [5.41, 5.74) is 3.52. The molecule has 1 aromatic heterocycles. The monoisotopic (exact) mass is 428 g/mol. The molecule has 1 saturated heterocycles. The lowest BCUT2D eigenvalue weighted by Gasteiger charge is -2.35. The van der Waals surface area contributed by atoms with Crippen molar-refractivity contribution in [2.24, 2.45) is 9.98 Å². The van der Waals surface area contributed by atoms with Crippen molar-refractivity contribution in [3.8, 4) is 5.75 Å². The number of anilines is 1. The van der Waals surface area contributed by atoms with Crippen LogP contribution in [0.3, 0.4) is 0 Å². The van der Waals surface area contributed by atoms with E-state index in [1.54, 1.807) is 13.2 Å². The molecule has 0 radical (unpaired) electrons. The first-order valence-electron chi connectivity index (χ1n) is 10.3. The highest BCUT2D eigenvalue weighted by atomic mass is 31.0.